The summed E-state index contributed by atoms with van der Waals surface area (Å²) < 4.78 is 32.2. The molecular formula is C24H29Cl2N3O5S. The van der Waals surface area contributed by atoms with Gasteiger partial charge in [-0.15, -0.1) is 0 Å². The predicted octanol–water partition coefficient (Wildman–Crippen LogP) is 3.94. The van der Waals surface area contributed by atoms with E-state index in [0.717, 1.165) is 0 Å². The molecule has 2 amide bonds. The van der Waals surface area contributed by atoms with Gasteiger partial charge in [-0.25, -0.2) is 12.7 Å². The normalized spacial score (nSPS) is 15.1. The van der Waals surface area contributed by atoms with Crippen molar-refractivity contribution in [2.45, 2.75) is 25.0 Å². The van der Waals surface area contributed by atoms with Crippen LogP contribution in [0.1, 0.15) is 35.2 Å². The Labute approximate surface area is 216 Å². The van der Waals surface area contributed by atoms with Crippen LogP contribution in [0, 0.1) is 5.92 Å². The minimum Gasteiger partial charge on any atom is -0.385 e. The lowest BCUT2D eigenvalue weighted by Crippen LogP contribution is -2.42. The van der Waals surface area contributed by atoms with E-state index in [1.165, 1.54) is 4.31 Å². The van der Waals surface area contributed by atoms with Crippen LogP contribution in [-0.2, 0) is 25.3 Å². The molecule has 0 bridgehead atoms. The Hall–Kier alpha value is -2.17. The van der Waals surface area contributed by atoms with Gasteiger partial charge in [0.25, 0.3) is 5.91 Å². The Morgan fingerprint density at radius 1 is 1.06 bits per heavy atom. The number of methoxy groups -OCH3 is 1. The number of sulfonamides is 1. The molecule has 0 unspecified atom stereocenters. The summed E-state index contributed by atoms with van der Waals surface area (Å²) in [6, 6.07) is 11.7. The van der Waals surface area contributed by atoms with E-state index in [1.54, 1.807) is 49.6 Å². The van der Waals surface area contributed by atoms with E-state index in [2.05, 4.69) is 10.6 Å². The van der Waals surface area contributed by atoms with Gasteiger partial charge in [0.15, 0.2) is 0 Å². The zero-order chi connectivity index (χ0) is 25.4. The molecule has 11 heteroatoms. The zero-order valence-electron chi connectivity index (χ0n) is 19.4. The number of hydrogen-bond donors (Lipinski definition) is 2. The van der Waals surface area contributed by atoms with E-state index < -0.39 is 10.0 Å². The molecule has 1 heterocycles. The maximum absolute atomic E-state index is 12.9. The van der Waals surface area contributed by atoms with E-state index in [1.807, 2.05) is 0 Å². The molecule has 1 fully saturated rings. The predicted molar refractivity (Wildman–Crippen MR) is 137 cm³/mol. The van der Waals surface area contributed by atoms with Gasteiger partial charge in [-0.1, -0.05) is 41.4 Å². The first-order valence-corrected chi connectivity index (χ1v) is 13.7. The highest BCUT2D eigenvalue weighted by Crippen LogP contribution is 2.29. The number of anilines is 1. The topological polar surface area (TPSA) is 105 Å². The molecule has 0 spiro atoms. The molecule has 0 atom stereocenters. The molecule has 0 radical (unpaired) electrons. The second-order valence-corrected chi connectivity index (χ2v) is 11.1. The second-order valence-electron chi connectivity index (χ2n) is 8.27. The fraction of sp³-hybridized carbons (Fsp3) is 0.417. The number of carbonyl (C=O) groups is 2. The van der Waals surface area contributed by atoms with Crippen molar-refractivity contribution in [2.24, 2.45) is 5.92 Å². The number of para-hydroxylation sites is 1. The van der Waals surface area contributed by atoms with Gasteiger partial charge < -0.3 is 15.4 Å². The van der Waals surface area contributed by atoms with Crippen LogP contribution in [0.4, 0.5) is 5.69 Å². The van der Waals surface area contributed by atoms with Crippen LogP contribution >= 0.6 is 23.2 Å². The lowest BCUT2D eigenvalue weighted by molar-refractivity contribution is -0.120. The van der Waals surface area contributed by atoms with Crippen LogP contribution in [0.3, 0.4) is 0 Å². The summed E-state index contributed by atoms with van der Waals surface area (Å²) in [4.78, 5) is 25.5. The molecule has 1 aliphatic rings. The minimum atomic E-state index is -3.65. The van der Waals surface area contributed by atoms with E-state index in [-0.39, 0.29) is 36.6 Å². The number of piperidine rings is 1. The van der Waals surface area contributed by atoms with Gasteiger partial charge in [0.05, 0.1) is 17.0 Å². The molecule has 2 N–H and O–H groups in total. The molecule has 2 aromatic rings. The number of ether oxygens (including phenoxy) is 1. The fourth-order valence-corrected chi connectivity index (χ4v) is 6.19. The Kier molecular flexibility index (Phi) is 9.94. The third-order valence-electron chi connectivity index (χ3n) is 5.85. The van der Waals surface area contributed by atoms with E-state index >= 15 is 0 Å². The second kappa shape index (κ2) is 12.7. The van der Waals surface area contributed by atoms with Gasteiger partial charge >= 0.3 is 0 Å². The van der Waals surface area contributed by atoms with Crippen molar-refractivity contribution in [3.8, 4) is 0 Å². The van der Waals surface area contributed by atoms with Gasteiger partial charge in [0.1, 0.15) is 0 Å². The van der Waals surface area contributed by atoms with Crippen LogP contribution in [0.15, 0.2) is 42.5 Å². The molecule has 0 aliphatic carbocycles. The summed E-state index contributed by atoms with van der Waals surface area (Å²) in [5, 5.41) is 6.26. The van der Waals surface area contributed by atoms with Crippen LogP contribution < -0.4 is 10.6 Å². The average molecular weight is 542 g/mol. The maximum atomic E-state index is 12.9. The minimum absolute atomic E-state index is 0.212. The average Bonchev–Trinajstić information content (AvgIpc) is 2.84. The number of hydrogen-bond acceptors (Lipinski definition) is 5. The highest BCUT2D eigenvalue weighted by atomic mass is 35.5. The molecule has 8 nitrogen and oxygen atoms in total. The summed E-state index contributed by atoms with van der Waals surface area (Å²) in [5.41, 5.74) is 1.16. The Bertz CT molecular complexity index is 1130. The van der Waals surface area contributed by atoms with Crippen LogP contribution in [0.25, 0.3) is 0 Å². The standard InChI is InChI=1S/C24H29Cl2N3O5S/c1-34-15-5-12-27-24(31)18-6-2-3-9-22(18)28-23(30)17-10-13-29(14-11-17)35(32,33)16-19-20(25)7-4-8-21(19)26/h2-4,6-9,17H,5,10-16H2,1H3,(H,27,31)(H,28,30). The van der Waals surface area contributed by atoms with Gasteiger partial charge in [-0.3, -0.25) is 9.59 Å². The van der Waals surface area contributed by atoms with Crippen molar-refractivity contribution in [1.82, 2.24) is 9.62 Å². The van der Waals surface area contributed by atoms with Crippen LogP contribution in [-0.4, -0.2) is 57.9 Å². The highest BCUT2D eigenvalue weighted by molar-refractivity contribution is 7.88. The number of halogens is 2. The molecule has 2 aromatic carbocycles. The molecule has 1 aliphatic heterocycles. The number of nitrogens with zero attached hydrogens (tertiary/aromatic N) is 1. The largest absolute Gasteiger partial charge is 0.385 e. The van der Waals surface area contributed by atoms with Crippen molar-refractivity contribution in [3.05, 3.63) is 63.6 Å². The number of amides is 2. The summed E-state index contributed by atoms with van der Waals surface area (Å²) in [6.45, 7) is 1.42. The monoisotopic (exact) mass is 541 g/mol. The summed E-state index contributed by atoms with van der Waals surface area (Å²) >= 11 is 12.3. The lowest BCUT2D eigenvalue weighted by atomic mass is 9.97. The molecule has 3 rings (SSSR count). The summed E-state index contributed by atoms with van der Waals surface area (Å²) in [5.74, 6) is -1.19. The molecule has 0 aromatic heterocycles. The third-order valence-corrected chi connectivity index (χ3v) is 8.36. The Morgan fingerprint density at radius 3 is 2.37 bits per heavy atom. The summed E-state index contributed by atoms with van der Waals surface area (Å²) in [6.07, 6.45) is 1.42. The number of benzene rings is 2. The SMILES string of the molecule is COCCCNC(=O)c1ccccc1NC(=O)C1CCN(S(=O)(=O)Cc2c(Cl)cccc2Cl)CC1. The molecule has 1 saturated heterocycles. The maximum Gasteiger partial charge on any atom is 0.253 e. The first-order chi connectivity index (χ1) is 16.7. The summed E-state index contributed by atoms with van der Waals surface area (Å²) in [7, 11) is -2.05. The third kappa shape index (κ3) is 7.41. The lowest BCUT2D eigenvalue weighted by Gasteiger charge is -2.31. The number of carbonyl (C=O) groups excluding carboxylic acids is 2. The van der Waals surface area contributed by atoms with E-state index in [0.29, 0.717) is 59.3 Å². The van der Waals surface area contributed by atoms with Crippen molar-refractivity contribution in [1.29, 1.82) is 0 Å². The van der Waals surface area contributed by atoms with Crippen LogP contribution in [0.2, 0.25) is 10.0 Å². The fourth-order valence-electron chi connectivity index (χ4n) is 3.88. The van der Waals surface area contributed by atoms with Crippen molar-refractivity contribution in [2.75, 3.05) is 38.7 Å². The van der Waals surface area contributed by atoms with Gasteiger partial charge in [-0.2, -0.15) is 0 Å². The zero-order valence-corrected chi connectivity index (χ0v) is 21.8. The van der Waals surface area contributed by atoms with Gasteiger partial charge in [-0.05, 0) is 43.5 Å². The van der Waals surface area contributed by atoms with Gasteiger partial charge in [0, 0.05) is 54.9 Å². The van der Waals surface area contributed by atoms with Crippen molar-refractivity contribution >= 4 is 50.7 Å². The van der Waals surface area contributed by atoms with Crippen molar-refractivity contribution in [3.63, 3.8) is 0 Å². The molecule has 190 valence electrons. The Balaban J connectivity index is 1.58. The smallest absolute Gasteiger partial charge is 0.253 e. The van der Waals surface area contributed by atoms with E-state index in [4.69, 9.17) is 27.9 Å². The first kappa shape index (κ1) is 27.4. The molecule has 35 heavy (non-hydrogen) atoms. The Morgan fingerprint density at radius 2 is 1.71 bits per heavy atom. The van der Waals surface area contributed by atoms with Crippen molar-refractivity contribution < 1.29 is 22.7 Å². The van der Waals surface area contributed by atoms with Gasteiger partial charge in [0.2, 0.25) is 15.9 Å². The highest BCUT2D eigenvalue weighted by Gasteiger charge is 2.32. The number of nitrogens with one attached hydrogen (secondary N) is 2. The van der Waals surface area contributed by atoms with E-state index in [9.17, 15) is 18.0 Å². The molecular weight excluding hydrogens is 513 g/mol. The van der Waals surface area contributed by atoms with Crippen LogP contribution in [0.5, 0.6) is 0 Å². The first-order valence-electron chi connectivity index (χ1n) is 11.3. The molecule has 0 saturated carbocycles. The quantitative estimate of drug-likeness (QED) is 0.443. The number of rotatable bonds is 10.